The first kappa shape index (κ1) is 16.9. The Morgan fingerprint density at radius 1 is 1.44 bits per heavy atom. The van der Waals surface area contributed by atoms with Crippen molar-refractivity contribution in [3.63, 3.8) is 0 Å². The summed E-state index contributed by atoms with van der Waals surface area (Å²) in [5.74, 6) is -1.05. The van der Waals surface area contributed by atoms with E-state index in [2.05, 4.69) is 16.8 Å². The van der Waals surface area contributed by atoms with E-state index in [0.717, 1.165) is 44.6 Å². The first-order chi connectivity index (χ1) is 12.0. The highest BCUT2D eigenvalue weighted by Gasteiger charge is 2.47. The third-order valence-corrected chi connectivity index (χ3v) is 5.78. The Kier molecular flexibility index (Phi) is 4.27. The number of hydroxylamine groups is 1. The van der Waals surface area contributed by atoms with Gasteiger partial charge in [0, 0.05) is 50.0 Å². The summed E-state index contributed by atoms with van der Waals surface area (Å²) < 4.78 is 20.6. The van der Waals surface area contributed by atoms with Gasteiger partial charge in [-0.2, -0.15) is 0 Å². The summed E-state index contributed by atoms with van der Waals surface area (Å²) in [7, 11) is 2.10. The monoisotopic (exact) mass is 349 g/mol. The summed E-state index contributed by atoms with van der Waals surface area (Å²) in [6.45, 7) is 4.13. The number of carbonyl (C=O) groups is 1. The topological polar surface area (TPSA) is 65.0 Å². The van der Waals surface area contributed by atoms with Gasteiger partial charge in [0.05, 0.1) is 5.60 Å². The maximum Gasteiger partial charge on any atom is 0.274 e. The van der Waals surface area contributed by atoms with Crippen molar-refractivity contribution in [1.82, 2.24) is 15.3 Å². The number of rotatable bonds is 2. The van der Waals surface area contributed by atoms with Crippen molar-refractivity contribution in [2.75, 3.05) is 33.3 Å². The molecule has 2 fully saturated rings. The lowest BCUT2D eigenvalue weighted by Crippen LogP contribution is -2.66. The number of nitrogens with zero attached hydrogens (tertiary/aromatic N) is 2. The van der Waals surface area contributed by atoms with Crippen LogP contribution in [-0.2, 0) is 17.7 Å². The number of hydrogen-bond acceptors (Lipinski definition) is 5. The Bertz CT molecular complexity index is 685. The Morgan fingerprint density at radius 2 is 2.24 bits per heavy atom. The minimum Gasteiger partial charge on any atom is -0.372 e. The van der Waals surface area contributed by atoms with Crippen LogP contribution in [-0.4, -0.2) is 65.8 Å². The van der Waals surface area contributed by atoms with Crippen LogP contribution >= 0.6 is 0 Å². The van der Waals surface area contributed by atoms with E-state index in [-0.39, 0.29) is 17.0 Å². The van der Waals surface area contributed by atoms with Gasteiger partial charge in [0.25, 0.3) is 5.91 Å². The molecular formula is C18H24FN3O3. The van der Waals surface area contributed by atoms with Gasteiger partial charge in [0.15, 0.2) is 0 Å². The average molecular weight is 349 g/mol. The molecule has 25 heavy (non-hydrogen) atoms. The summed E-state index contributed by atoms with van der Waals surface area (Å²) >= 11 is 0. The smallest absolute Gasteiger partial charge is 0.274 e. The highest BCUT2D eigenvalue weighted by Crippen LogP contribution is 2.36. The number of halogens is 1. The van der Waals surface area contributed by atoms with Crippen LogP contribution < -0.4 is 5.48 Å². The molecule has 3 aliphatic rings. The molecule has 0 saturated carbocycles. The van der Waals surface area contributed by atoms with Crippen LogP contribution in [0.15, 0.2) is 12.1 Å². The first-order valence-electron chi connectivity index (χ1n) is 8.82. The lowest BCUT2D eigenvalue weighted by molar-refractivity contribution is -0.176. The highest BCUT2D eigenvalue weighted by molar-refractivity contribution is 5.93. The SMILES string of the molecule is CN1CC2(C[C@@H](N3CCc4cc(C(=O)NO)cc(F)c4C3)CCO2)C1. The molecule has 1 aromatic carbocycles. The molecule has 136 valence electrons. The van der Waals surface area contributed by atoms with Crippen LogP contribution in [0.3, 0.4) is 0 Å². The molecule has 0 unspecified atom stereocenters. The zero-order valence-corrected chi connectivity index (χ0v) is 14.4. The Labute approximate surface area is 146 Å². The normalized spacial score (nSPS) is 26.1. The summed E-state index contributed by atoms with van der Waals surface area (Å²) in [6.07, 6.45) is 2.69. The second-order valence-electron chi connectivity index (χ2n) is 7.61. The number of carbonyl (C=O) groups excluding carboxylic acids is 1. The fourth-order valence-corrected chi connectivity index (χ4v) is 4.62. The lowest BCUT2D eigenvalue weighted by atomic mass is 9.82. The molecule has 3 aliphatic heterocycles. The zero-order valence-electron chi connectivity index (χ0n) is 14.4. The van der Waals surface area contributed by atoms with Crippen LogP contribution in [0, 0.1) is 5.82 Å². The van der Waals surface area contributed by atoms with Crippen LogP contribution in [0.1, 0.15) is 34.3 Å². The standard InChI is InChI=1S/C18H24FN3O3/c1-21-10-18(11-21)8-14(3-5-25-18)22-4-2-12-6-13(17(23)20-24)7-16(19)15(12)9-22/h6-7,14,24H,2-5,8-11H2,1H3,(H,20,23)/t14-/m0/s1. The van der Waals surface area contributed by atoms with Crippen molar-refractivity contribution < 1.29 is 19.1 Å². The third kappa shape index (κ3) is 3.06. The van der Waals surface area contributed by atoms with E-state index in [1.54, 1.807) is 11.5 Å². The van der Waals surface area contributed by atoms with E-state index in [0.29, 0.717) is 24.6 Å². The first-order valence-corrected chi connectivity index (χ1v) is 8.82. The molecule has 4 rings (SSSR count). The fourth-order valence-electron chi connectivity index (χ4n) is 4.62. The lowest BCUT2D eigenvalue weighted by Gasteiger charge is -2.54. The van der Waals surface area contributed by atoms with Gasteiger partial charge in [0.2, 0.25) is 0 Å². The molecule has 0 aliphatic carbocycles. The van der Waals surface area contributed by atoms with E-state index in [4.69, 9.17) is 9.94 Å². The molecule has 3 heterocycles. The summed E-state index contributed by atoms with van der Waals surface area (Å²) in [6, 6.07) is 3.31. The number of fused-ring (bicyclic) bond motifs is 1. The van der Waals surface area contributed by atoms with Gasteiger partial charge >= 0.3 is 0 Å². The fraction of sp³-hybridized carbons (Fsp3) is 0.611. The van der Waals surface area contributed by atoms with Gasteiger partial charge in [-0.25, -0.2) is 9.87 Å². The molecule has 0 radical (unpaired) electrons. The van der Waals surface area contributed by atoms with Gasteiger partial charge in [0.1, 0.15) is 5.82 Å². The molecule has 7 heteroatoms. The van der Waals surface area contributed by atoms with E-state index in [1.165, 1.54) is 6.07 Å². The second kappa shape index (κ2) is 6.32. The Hall–Kier alpha value is -1.54. The summed E-state index contributed by atoms with van der Waals surface area (Å²) in [5, 5.41) is 8.75. The minimum atomic E-state index is -0.676. The second-order valence-corrected chi connectivity index (χ2v) is 7.61. The van der Waals surface area contributed by atoms with Gasteiger partial charge in [-0.3, -0.25) is 14.9 Å². The molecule has 2 N–H and O–H groups in total. The number of hydrogen-bond donors (Lipinski definition) is 2. The largest absolute Gasteiger partial charge is 0.372 e. The molecule has 6 nitrogen and oxygen atoms in total. The van der Waals surface area contributed by atoms with E-state index in [9.17, 15) is 9.18 Å². The predicted octanol–water partition coefficient (Wildman–Crippen LogP) is 1.17. The quantitative estimate of drug-likeness (QED) is 0.620. The Morgan fingerprint density at radius 3 is 2.96 bits per heavy atom. The van der Waals surface area contributed by atoms with E-state index in [1.807, 2.05) is 0 Å². The Balaban J connectivity index is 1.50. The van der Waals surface area contributed by atoms with Crippen molar-refractivity contribution in [3.05, 3.63) is 34.6 Å². The van der Waals surface area contributed by atoms with E-state index < -0.39 is 5.91 Å². The van der Waals surface area contributed by atoms with Crippen molar-refractivity contribution in [2.45, 2.75) is 37.5 Å². The maximum absolute atomic E-state index is 14.5. The number of amides is 1. The van der Waals surface area contributed by atoms with Gasteiger partial charge in [-0.15, -0.1) is 0 Å². The maximum atomic E-state index is 14.5. The van der Waals surface area contributed by atoms with Crippen molar-refractivity contribution in [3.8, 4) is 0 Å². The molecule has 0 bridgehead atoms. The van der Waals surface area contributed by atoms with Gasteiger partial charge in [-0.05, 0) is 44.0 Å². The molecular weight excluding hydrogens is 325 g/mol. The number of nitrogens with one attached hydrogen (secondary N) is 1. The van der Waals surface area contributed by atoms with Gasteiger partial charge < -0.3 is 9.64 Å². The molecule has 1 spiro atoms. The minimum absolute atomic E-state index is 0.0143. The molecule has 1 atom stereocenters. The molecule has 2 saturated heterocycles. The summed E-state index contributed by atoms with van der Waals surface area (Å²) in [5.41, 5.74) is 3.25. The summed E-state index contributed by atoms with van der Waals surface area (Å²) in [4.78, 5) is 16.2. The molecule has 1 aromatic rings. The molecule has 1 amide bonds. The van der Waals surface area contributed by atoms with Crippen LogP contribution in [0.5, 0.6) is 0 Å². The number of likely N-dealkylation sites (tertiary alicyclic amines) is 1. The zero-order chi connectivity index (χ0) is 17.6. The number of ether oxygens (including phenoxy) is 1. The van der Waals surface area contributed by atoms with Crippen LogP contribution in [0.25, 0.3) is 0 Å². The predicted molar refractivity (Wildman–Crippen MR) is 89.0 cm³/mol. The van der Waals surface area contributed by atoms with E-state index >= 15 is 0 Å². The molecule has 0 aromatic heterocycles. The highest BCUT2D eigenvalue weighted by atomic mass is 19.1. The average Bonchev–Trinajstić information content (AvgIpc) is 2.59. The van der Waals surface area contributed by atoms with Gasteiger partial charge in [-0.1, -0.05) is 0 Å². The van der Waals surface area contributed by atoms with Crippen LogP contribution in [0.4, 0.5) is 4.39 Å². The third-order valence-electron chi connectivity index (χ3n) is 5.78. The van der Waals surface area contributed by atoms with Crippen molar-refractivity contribution in [2.24, 2.45) is 0 Å². The number of benzene rings is 1. The van der Waals surface area contributed by atoms with Crippen molar-refractivity contribution in [1.29, 1.82) is 0 Å². The van der Waals surface area contributed by atoms with Crippen LogP contribution in [0.2, 0.25) is 0 Å². The van der Waals surface area contributed by atoms with Crippen molar-refractivity contribution >= 4 is 5.91 Å². The number of likely N-dealkylation sites (N-methyl/N-ethyl adjacent to an activating group) is 1.